The van der Waals surface area contributed by atoms with E-state index in [0.29, 0.717) is 12.3 Å². The van der Waals surface area contributed by atoms with Crippen LogP contribution in [0.4, 0.5) is 0 Å². The van der Waals surface area contributed by atoms with Crippen LogP contribution < -0.4 is 0 Å². The van der Waals surface area contributed by atoms with E-state index in [0.717, 1.165) is 32.3 Å². The summed E-state index contributed by atoms with van der Waals surface area (Å²) in [6.07, 6.45) is 2.88. The van der Waals surface area contributed by atoms with Crippen LogP contribution in [0.1, 0.15) is 19.3 Å². The van der Waals surface area contributed by atoms with Crippen LogP contribution in [0.5, 0.6) is 0 Å². The molecule has 0 aliphatic carbocycles. The van der Waals surface area contributed by atoms with Crippen molar-refractivity contribution in [2.75, 3.05) is 25.2 Å². The summed E-state index contributed by atoms with van der Waals surface area (Å²) in [5.74, 6) is 0.296. The first-order valence-corrected chi connectivity index (χ1v) is 6.97. The smallest absolute Gasteiger partial charge is 0.149 e. The van der Waals surface area contributed by atoms with E-state index in [1.165, 1.54) is 0 Å². The van der Waals surface area contributed by atoms with Crippen molar-refractivity contribution >= 4 is 9.84 Å². The summed E-state index contributed by atoms with van der Waals surface area (Å²) in [5.41, 5.74) is 0. The molecule has 1 saturated heterocycles. The van der Waals surface area contributed by atoms with Gasteiger partial charge in [0, 0.05) is 19.5 Å². The maximum atomic E-state index is 10.9. The topological polar surface area (TPSA) is 63.6 Å². The molecule has 1 aliphatic heterocycles. The van der Waals surface area contributed by atoms with Gasteiger partial charge in [-0.2, -0.15) is 0 Å². The lowest BCUT2D eigenvalue weighted by Gasteiger charge is -2.23. The van der Waals surface area contributed by atoms with Gasteiger partial charge in [-0.3, -0.25) is 0 Å². The molecule has 0 radical (unpaired) electrons. The van der Waals surface area contributed by atoms with Gasteiger partial charge < -0.3 is 9.84 Å². The van der Waals surface area contributed by atoms with Crippen molar-refractivity contribution in [3.8, 4) is 0 Å². The molecular formula is C9H18O4S. The molecule has 5 heteroatoms. The molecule has 1 atom stereocenters. The van der Waals surface area contributed by atoms with Crippen molar-refractivity contribution in [2.24, 2.45) is 5.92 Å². The average molecular weight is 222 g/mol. The van der Waals surface area contributed by atoms with Crippen LogP contribution in [-0.4, -0.2) is 44.9 Å². The normalized spacial score (nSPS) is 22.1. The van der Waals surface area contributed by atoms with Gasteiger partial charge in [0.15, 0.2) is 0 Å². The zero-order chi connectivity index (χ0) is 10.6. The lowest BCUT2D eigenvalue weighted by Crippen LogP contribution is -2.26. The van der Waals surface area contributed by atoms with Crippen LogP contribution >= 0.6 is 0 Å². The highest BCUT2D eigenvalue weighted by atomic mass is 32.2. The number of aliphatic hydroxyl groups is 1. The lowest BCUT2D eigenvalue weighted by atomic mass is 9.94. The predicted molar refractivity (Wildman–Crippen MR) is 53.9 cm³/mol. The fourth-order valence-electron chi connectivity index (χ4n) is 1.78. The minimum atomic E-state index is -3.06. The largest absolute Gasteiger partial charge is 0.392 e. The van der Waals surface area contributed by atoms with Crippen LogP contribution in [0, 0.1) is 5.92 Å². The number of hydrogen-bond donors (Lipinski definition) is 1. The monoisotopic (exact) mass is 222 g/mol. The standard InChI is InChI=1S/C9H18O4S/c1-14(11,12)7-9(10)6-8-2-4-13-5-3-8/h8-10H,2-7H2,1H3. The zero-order valence-corrected chi connectivity index (χ0v) is 9.29. The van der Waals surface area contributed by atoms with Gasteiger partial charge in [0.25, 0.3) is 0 Å². The Morgan fingerprint density at radius 2 is 2.00 bits per heavy atom. The minimum absolute atomic E-state index is 0.121. The fourth-order valence-corrected chi connectivity index (χ4v) is 2.62. The highest BCUT2D eigenvalue weighted by Gasteiger charge is 2.20. The Bertz CT molecular complexity index is 254. The Kier molecular flexibility index (Phi) is 4.34. The van der Waals surface area contributed by atoms with Crippen LogP contribution in [-0.2, 0) is 14.6 Å². The predicted octanol–water partition coefficient (Wildman–Crippen LogP) is 0.209. The quantitative estimate of drug-likeness (QED) is 0.738. The second-order valence-electron chi connectivity index (χ2n) is 4.04. The van der Waals surface area contributed by atoms with E-state index in [1.807, 2.05) is 0 Å². The third kappa shape index (κ3) is 4.93. The van der Waals surface area contributed by atoms with Crippen LogP contribution in [0.15, 0.2) is 0 Å². The molecule has 1 N–H and O–H groups in total. The highest BCUT2D eigenvalue weighted by Crippen LogP contribution is 2.20. The molecule has 4 nitrogen and oxygen atoms in total. The number of hydrogen-bond acceptors (Lipinski definition) is 4. The molecule has 1 aliphatic rings. The third-order valence-electron chi connectivity index (χ3n) is 2.44. The third-order valence-corrected chi connectivity index (χ3v) is 3.43. The lowest BCUT2D eigenvalue weighted by molar-refractivity contribution is 0.0476. The average Bonchev–Trinajstić information content (AvgIpc) is 2.02. The van der Waals surface area contributed by atoms with E-state index in [1.54, 1.807) is 0 Å². The van der Waals surface area contributed by atoms with Gasteiger partial charge >= 0.3 is 0 Å². The Balaban J connectivity index is 2.28. The van der Waals surface area contributed by atoms with Gasteiger partial charge in [0.1, 0.15) is 9.84 Å². The molecule has 1 fully saturated rings. The molecule has 0 aromatic rings. The van der Waals surface area contributed by atoms with Crippen molar-refractivity contribution in [2.45, 2.75) is 25.4 Å². The molecule has 0 bridgehead atoms. The Labute approximate surface area is 85.2 Å². The molecule has 1 rings (SSSR count). The summed E-state index contributed by atoms with van der Waals surface area (Å²) in [6, 6.07) is 0. The van der Waals surface area contributed by atoms with Crippen LogP contribution in [0.25, 0.3) is 0 Å². The van der Waals surface area contributed by atoms with E-state index in [2.05, 4.69) is 0 Å². The van der Waals surface area contributed by atoms with E-state index in [9.17, 15) is 13.5 Å². The van der Waals surface area contributed by atoms with E-state index in [-0.39, 0.29) is 5.75 Å². The van der Waals surface area contributed by atoms with Gasteiger partial charge in [0.05, 0.1) is 11.9 Å². The summed E-state index contributed by atoms with van der Waals surface area (Å²) in [4.78, 5) is 0. The summed E-state index contributed by atoms with van der Waals surface area (Å²) in [6.45, 7) is 1.46. The van der Waals surface area contributed by atoms with Crippen molar-refractivity contribution in [1.29, 1.82) is 0 Å². The van der Waals surface area contributed by atoms with Gasteiger partial charge in [-0.15, -0.1) is 0 Å². The molecule has 0 saturated carbocycles. The molecule has 84 valence electrons. The van der Waals surface area contributed by atoms with Crippen LogP contribution in [0.3, 0.4) is 0 Å². The van der Waals surface area contributed by atoms with Crippen LogP contribution in [0.2, 0.25) is 0 Å². The van der Waals surface area contributed by atoms with Gasteiger partial charge in [-0.05, 0) is 25.2 Å². The van der Waals surface area contributed by atoms with Crippen molar-refractivity contribution in [1.82, 2.24) is 0 Å². The van der Waals surface area contributed by atoms with Crippen molar-refractivity contribution in [3.05, 3.63) is 0 Å². The summed E-state index contributed by atoms with van der Waals surface area (Å²) in [5, 5.41) is 9.52. The first-order valence-electron chi connectivity index (χ1n) is 4.91. The second-order valence-corrected chi connectivity index (χ2v) is 6.22. The first kappa shape index (κ1) is 11.9. The van der Waals surface area contributed by atoms with Crippen molar-refractivity contribution in [3.63, 3.8) is 0 Å². The number of rotatable bonds is 4. The molecular weight excluding hydrogens is 204 g/mol. The molecule has 1 unspecified atom stereocenters. The molecule has 0 aromatic heterocycles. The fraction of sp³-hybridized carbons (Fsp3) is 1.00. The first-order chi connectivity index (χ1) is 6.47. The van der Waals surface area contributed by atoms with E-state index >= 15 is 0 Å². The molecule has 1 heterocycles. The molecule has 0 spiro atoms. The van der Waals surface area contributed by atoms with Crippen molar-refractivity contribution < 1.29 is 18.3 Å². The number of ether oxygens (including phenoxy) is 1. The number of sulfone groups is 1. The molecule has 0 aromatic carbocycles. The summed E-state index contributed by atoms with van der Waals surface area (Å²) in [7, 11) is -3.06. The molecule has 0 amide bonds. The van der Waals surface area contributed by atoms with E-state index < -0.39 is 15.9 Å². The second kappa shape index (κ2) is 5.09. The zero-order valence-electron chi connectivity index (χ0n) is 8.48. The van der Waals surface area contributed by atoms with Gasteiger partial charge in [0.2, 0.25) is 0 Å². The minimum Gasteiger partial charge on any atom is -0.392 e. The van der Waals surface area contributed by atoms with Gasteiger partial charge in [-0.25, -0.2) is 8.42 Å². The van der Waals surface area contributed by atoms with Gasteiger partial charge in [-0.1, -0.05) is 0 Å². The Morgan fingerprint density at radius 1 is 1.43 bits per heavy atom. The summed E-state index contributed by atoms with van der Waals surface area (Å²) < 4.78 is 27.0. The Hall–Kier alpha value is -0.130. The maximum Gasteiger partial charge on any atom is 0.149 e. The highest BCUT2D eigenvalue weighted by molar-refractivity contribution is 7.90. The Morgan fingerprint density at radius 3 is 2.50 bits per heavy atom. The number of aliphatic hydroxyl groups excluding tert-OH is 1. The SMILES string of the molecule is CS(=O)(=O)CC(O)CC1CCOCC1. The molecule has 14 heavy (non-hydrogen) atoms. The summed E-state index contributed by atoms with van der Waals surface area (Å²) >= 11 is 0. The van der Waals surface area contributed by atoms with E-state index in [4.69, 9.17) is 4.74 Å². The maximum absolute atomic E-state index is 10.9.